The number of fused-ring (bicyclic) bond motifs is 1. The number of hydrogen-bond donors (Lipinski definition) is 1. The number of para-hydroxylation sites is 3. The first-order valence-corrected chi connectivity index (χ1v) is 10.7. The van der Waals surface area contributed by atoms with Crippen LogP contribution in [0.15, 0.2) is 48.5 Å². The van der Waals surface area contributed by atoms with Crippen LogP contribution in [0, 0.1) is 12.8 Å². The summed E-state index contributed by atoms with van der Waals surface area (Å²) in [6.07, 6.45) is 0. The molecule has 0 bridgehead atoms. The molecule has 0 spiro atoms. The summed E-state index contributed by atoms with van der Waals surface area (Å²) in [6, 6.07) is 16.2. The van der Waals surface area contributed by atoms with Crippen molar-refractivity contribution in [3.05, 3.63) is 59.9 Å². The number of rotatable bonds is 6. The summed E-state index contributed by atoms with van der Waals surface area (Å²) in [6.45, 7) is 9.74. The van der Waals surface area contributed by atoms with Gasteiger partial charge in [0.1, 0.15) is 5.82 Å². The Labute approximate surface area is 178 Å². The van der Waals surface area contributed by atoms with Gasteiger partial charge in [-0.2, -0.15) is 0 Å². The molecule has 0 aliphatic carbocycles. The number of carbonyl (C=O) groups excluding carboxylic acids is 1. The van der Waals surface area contributed by atoms with Crippen LogP contribution < -0.4 is 5.32 Å². The fourth-order valence-electron chi connectivity index (χ4n) is 4.07. The zero-order valence-electron chi connectivity index (χ0n) is 18.1. The van der Waals surface area contributed by atoms with Crippen molar-refractivity contribution in [2.75, 3.05) is 38.5 Å². The minimum absolute atomic E-state index is 0.0398. The molecular formula is C24H31N5O. The lowest BCUT2D eigenvalue weighted by atomic mass is 10.1. The van der Waals surface area contributed by atoms with E-state index in [1.165, 1.54) is 5.56 Å². The lowest BCUT2D eigenvalue weighted by Crippen LogP contribution is -2.44. The van der Waals surface area contributed by atoms with Crippen LogP contribution >= 0.6 is 0 Å². The van der Waals surface area contributed by atoms with Gasteiger partial charge in [0.05, 0.1) is 17.0 Å². The summed E-state index contributed by atoms with van der Waals surface area (Å²) in [5, 5.41) is 3.18. The third-order valence-electron chi connectivity index (χ3n) is 6.01. The van der Waals surface area contributed by atoms with Gasteiger partial charge in [0, 0.05) is 45.0 Å². The van der Waals surface area contributed by atoms with E-state index in [9.17, 15) is 4.79 Å². The van der Waals surface area contributed by atoms with E-state index in [4.69, 9.17) is 0 Å². The van der Waals surface area contributed by atoms with Gasteiger partial charge in [-0.05, 0) is 37.7 Å². The first-order valence-electron chi connectivity index (χ1n) is 10.7. The number of aryl methyl sites for hydroxylation is 1. The van der Waals surface area contributed by atoms with E-state index >= 15 is 0 Å². The Balaban J connectivity index is 1.44. The van der Waals surface area contributed by atoms with E-state index < -0.39 is 0 Å². The maximum atomic E-state index is 13.0. The fraction of sp³-hybridized carbons (Fsp3) is 0.417. The van der Waals surface area contributed by atoms with Crippen molar-refractivity contribution in [1.82, 2.24) is 19.4 Å². The zero-order chi connectivity index (χ0) is 21.1. The first-order chi connectivity index (χ1) is 14.5. The molecule has 1 atom stereocenters. The molecular weight excluding hydrogens is 374 g/mol. The molecule has 0 saturated carbocycles. The molecule has 1 fully saturated rings. The van der Waals surface area contributed by atoms with E-state index in [1.807, 2.05) is 50.2 Å². The Kier molecular flexibility index (Phi) is 6.16. The van der Waals surface area contributed by atoms with Crippen LogP contribution in [0.4, 0.5) is 5.69 Å². The highest BCUT2D eigenvalue weighted by molar-refractivity contribution is 5.93. The van der Waals surface area contributed by atoms with Crippen LogP contribution in [0.3, 0.4) is 0 Å². The molecule has 1 aliphatic heterocycles. The Morgan fingerprint density at radius 1 is 1.07 bits per heavy atom. The molecule has 3 aromatic rings. The molecule has 0 radical (unpaired) electrons. The Morgan fingerprint density at radius 3 is 2.57 bits per heavy atom. The summed E-state index contributed by atoms with van der Waals surface area (Å²) in [4.78, 5) is 22.4. The van der Waals surface area contributed by atoms with Crippen LogP contribution in [0.5, 0.6) is 0 Å². The minimum atomic E-state index is -0.169. The van der Waals surface area contributed by atoms with Gasteiger partial charge < -0.3 is 14.8 Å². The number of imidazole rings is 1. The standard InChI is InChI=1S/C24H31N5O/c1-18(16-29-19(2)25-22-10-6-7-11-23(22)29)24(30)26-21-9-5-4-8-20(21)17-28-14-12-27(3)13-15-28/h4-11,18H,12-17H2,1-3H3,(H,26,30)/t18-/m0/s1. The van der Waals surface area contributed by atoms with E-state index in [2.05, 4.69) is 43.8 Å². The molecule has 30 heavy (non-hydrogen) atoms. The van der Waals surface area contributed by atoms with Crippen LogP contribution in [0.2, 0.25) is 0 Å². The summed E-state index contributed by atoms with van der Waals surface area (Å²) >= 11 is 0. The molecule has 6 heteroatoms. The number of benzene rings is 2. The van der Waals surface area contributed by atoms with E-state index in [0.29, 0.717) is 6.54 Å². The van der Waals surface area contributed by atoms with E-state index in [0.717, 1.165) is 55.3 Å². The van der Waals surface area contributed by atoms with Crippen molar-refractivity contribution in [2.24, 2.45) is 5.92 Å². The first kappa shape index (κ1) is 20.6. The molecule has 2 heterocycles. The number of likely N-dealkylation sites (N-methyl/N-ethyl adjacent to an activating group) is 1. The quantitative estimate of drug-likeness (QED) is 0.683. The maximum absolute atomic E-state index is 13.0. The van der Waals surface area contributed by atoms with Gasteiger partial charge in [0.15, 0.2) is 0 Å². The van der Waals surface area contributed by atoms with Crippen molar-refractivity contribution >= 4 is 22.6 Å². The molecule has 2 aromatic carbocycles. The summed E-state index contributed by atoms with van der Waals surface area (Å²) in [7, 11) is 2.16. The van der Waals surface area contributed by atoms with Crippen LogP contribution in [0.1, 0.15) is 18.3 Å². The number of piperazine rings is 1. The summed E-state index contributed by atoms with van der Waals surface area (Å²) in [5.41, 5.74) is 4.14. The fourth-order valence-corrected chi connectivity index (χ4v) is 4.07. The SMILES string of the molecule is Cc1nc2ccccc2n1C[C@H](C)C(=O)Nc1ccccc1CN1CCN(C)CC1. The Morgan fingerprint density at radius 2 is 1.77 bits per heavy atom. The number of nitrogens with one attached hydrogen (secondary N) is 1. The van der Waals surface area contributed by atoms with Gasteiger partial charge >= 0.3 is 0 Å². The van der Waals surface area contributed by atoms with Crippen LogP contribution in [0.25, 0.3) is 11.0 Å². The molecule has 4 rings (SSSR count). The number of nitrogens with zero attached hydrogens (tertiary/aromatic N) is 4. The third kappa shape index (κ3) is 4.55. The predicted molar refractivity (Wildman–Crippen MR) is 121 cm³/mol. The predicted octanol–water partition coefficient (Wildman–Crippen LogP) is 3.37. The average Bonchev–Trinajstić information content (AvgIpc) is 3.06. The van der Waals surface area contributed by atoms with Crippen molar-refractivity contribution in [1.29, 1.82) is 0 Å². The zero-order valence-corrected chi connectivity index (χ0v) is 18.1. The van der Waals surface area contributed by atoms with Crippen molar-refractivity contribution in [3.8, 4) is 0 Å². The highest BCUT2D eigenvalue weighted by atomic mass is 16.1. The largest absolute Gasteiger partial charge is 0.327 e. The second-order valence-corrected chi connectivity index (χ2v) is 8.39. The normalized spacial score (nSPS) is 16.6. The molecule has 1 amide bonds. The van der Waals surface area contributed by atoms with Gasteiger partial charge in [0.25, 0.3) is 0 Å². The lowest BCUT2D eigenvalue weighted by molar-refractivity contribution is -0.119. The molecule has 1 N–H and O–H groups in total. The van der Waals surface area contributed by atoms with Crippen molar-refractivity contribution in [3.63, 3.8) is 0 Å². The third-order valence-corrected chi connectivity index (χ3v) is 6.01. The Bertz CT molecular complexity index is 1020. The molecule has 6 nitrogen and oxygen atoms in total. The van der Waals surface area contributed by atoms with E-state index in [-0.39, 0.29) is 11.8 Å². The number of aromatic nitrogens is 2. The van der Waals surface area contributed by atoms with Gasteiger partial charge in [-0.1, -0.05) is 37.3 Å². The molecule has 0 unspecified atom stereocenters. The molecule has 1 aliphatic rings. The van der Waals surface area contributed by atoms with E-state index in [1.54, 1.807) is 0 Å². The molecule has 1 aromatic heterocycles. The summed E-state index contributed by atoms with van der Waals surface area (Å²) in [5.74, 6) is 0.808. The number of hydrogen-bond acceptors (Lipinski definition) is 4. The molecule has 158 valence electrons. The van der Waals surface area contributed by atoms with Gasteiger partial charge in [0.2, 0.25) is 5.91 Å². The van der Waals surface area contributed by atoms with Crippen molar-refractivity contribution in [2.45, 2.75) is 26.9 Å². The van der Waals surface area contributed by atoms with Crippen LogP contribution in [-0.2, 0) is 17.9 Å². The van der Waals surface area contributed by atoms with Crippen molar-refractivity contribution < 1.29 is 4.79 Å². The smallest absolute Gasteiger partial charge is 0.229 e. The molecule has 1 saturated heterocycles. The second kappa shape index (κ2) is 8.98. The number of anilines is 1. The average molecular weight is 406 g/mol. The monoisotopic (exact) mass is 405 g/mol. The highest BCUT2D eigenvalue weighted by Crippen LogP contribution is 2.21. The van der Waals surface area contributed by atoms with Gasteiger partial charge in [-0.3, -0.25) is 9.69 Å². The lowest BCUT2D eigenvalue weighted by Gasteiger charge is -2.32. The van der Waals surface area contributed by atoms with Gasteiger partial charge in [-0.25, -0.2) is 4.98 Å². The maximum Gasteiger partial charge on any atom is 0.229 e. The minimum Gasteiger partial charge on any atom is -0.327 e. The summed E-state index contributed by atoms with van der Waals surface area (Å²) < 4.78 is 2.13. The highest BCUT2D eigenvalue weighted by Gasteiger charge is 2.19. The number of carbonyl (C=O) groups is 1. The van der Waals surface area contributed by atoms with Crippen LogP contribution in [-0.4, -0.2) is 58.5 Å². The second-order valence-electron chi connectivity index (χ2n) is 8.39. The number of amides is 1. The van der Waals surface area contributed by atoms with Gasteiger partial charge in [-0.15, -0.1) is 0 Å². The topological polar surface area (TPSA) is 53.4 Å². The Hall–Kier alpha value is -2.70.